The second kappa shape index (κ2) is 10.5. The zero-order valence-electron chi connectivity index (χ0n) is 17.8. The molecule has 3 rings (SSSR count). The Hall–Kier alpha value is -3.40. The van der Waals surface area contributed by atoms with Crippen molar-refractivity contribution in [2.45, 2.75) is 38.0 Å². The molecular formula is C23H25F3N4O3. The van der Waals surface area contributed by atoms with Gasteiger partial charge in [-0.15, -0.1) is 0 Å². The minimum atomic E-state index is -4.58. The quantitative estimate of drug-likeness (QED) is 0.614. The summed E-state index contributed by atoms with van der Waals surface area (Å²) in [5.41, 5.74) is 5.87. The summed E-state index contributed by atoms with van der Waals surface area (Å²) in [5, 5.41) is 5.25. The number of nitrogens with zero attached hydrogens (tertiary/aromatic N) is 1. The molecule has 1 fully saturated rings. The highest BCUT2D eigenvalue weighted by molar-refractivity contribution is 5.99. The Morgan fingerprint density at radius 2 is 1.85 bits per heavy atom. The lowest BCUT2D eigenvalue weighted by molar-refractivity contribution is -0.137. The van der Waals surface area contributed by atoms with Crippen LogP contribution in [0.4, 0.5) is 18.9 Å². The summed E-state index contributed by atoms with van der Waals surface area (Å²) in [5.74, 6) is -1.62. The summed E-state index contributed by atoms with van der Waals surface area (Å²) in [6.45, 7) is 0.453. The summed E-state index contributed by atoms with van der Waals surface area (Å²) in [7, 11) is 0. The van der Waals surface area contributed by atoms with Gasteiger partial charge in [0.1, 0.15) is 6.04 Å². The van der Waals surface area contributed by atoms with Gasteiger partial charge in [-0.2, -0.15) is 13.2 Å². The van der Waals surface area contributed by atoms with E-state index in [9.17, 15) is 27.6 Å². The summed E-state index contributed by atoms with van der Waals surface area (Å²) >= 11 is 0. The number of benzene rings is 2. The molecule has 1 atom stereocenters. The normalized spacial score (nSPS) is 16.8. The lowest BCUT2D eigenvalue weighted by Gasteiger charge is -2.24. The number of nitrogens with two attached hydrogens (primary N) is 1. The number of halogens is 3. The van der Waals surface area contributed by atoms with E-state index in [0.717, 1.165) is 23.8 Å². The molecule has 7 nitrogen and oxygen atoms in total. The van der Waals surface area contributed by atoms with Crippen molar-refractivity contribution in [3.05, 3.63) is 65.2 Å². The SMILES string of the molecule is NCc1cccc(NC(=O)CN2CCCCC(NC(=O)c3cccc(C(F)(F)F)c3)C2=O)c1. The van der Waals surface area contributed by atoms with Crippen molar-refractivity contribution in [3.8, 4) is 0 Å². The molecule has 10 heteroatoms. The van der Waals surface area contributed by atoms with Crippen LogP contribution in [0.15, 0.2) is 48.5 Å². The van der Waals surface area contributed by atoms with Gasteiger partial charge >= 0.3 is 6.18 Å². The third-order valence-electron chi connectivity index (χ3n) is 5.32. The predicted octanol–water partition coefficient (Wildman–Crippen LogP) is 2.91. The van der Waals surface area contributed by atoms with Gasteiger partial charge in [0, 0.05) is 24.3 Å². The number of likely N-dealkylation sites (tertiary alicyclic amines) is 1. The van der Waals surface area contributed by atoms with Crippen LogP contribution in [-0.2, 0) is 22.3 Å². The smallest absolute Gasteiger partial charge is 0.340 e. The molecule has 0 spiro atoms. The fourth-order valence-electron chi connectivity index (χ4n) is 3.62. The second-order valence-corrected chi connectivity index (χ2v) is 7.81. The van der Waals surface area contributed by atoms with E-state index in [1.54, 1.807) is 18.2 Å². The molecule has 0 aliphatic carbocycles. The van der Waals surface area contributed by atoms with Crippen LogP contribution in [0.1, 0.15) is 40.7 Å². The maximum absolute atomic E-state index is 13.0. The maximum atomic E-state index is 13.0. The summed E-state index contributed by atoms with van der Waals surface area (Å²) in [6.07, 6.45) is -2.99. The highest BCUT2D eigenvalue weighted by atomic mass is 19.4. The Kier molecular flexibility index (Phi) is 7.70. The molecule has 33 heavy (non-hydrogen) atoms. The van der Waals surface area contributed by atoms with Crippen molar-refractivity contribution in [1.82, 2.24) is 10.2 Å². The van der Waals surface area contributed by atoms with Crippen molar-refractivity contribution in [2.75, 3.05) is 18.4 Å². The third-order valence-corrected chi connectivity index (χ3v) is 5.32. The van der Waals surface area contributed by atoms with Crippen molar-refractivity contribution in [3.63, 3.8) is 0 Å². The largest absolute Gasteiger partial charge is 0.416 e. The Morgan fingerprint density at radius 3 is 2.58 bits per heavy atom. The molecule has 0 saturated carbocycles. The molecule has 2 aromatic rings. The first kappa shape index (κ1) is 24.2. The van der Waals surface area contributed by atoms with Crippen LogP contribution in [0, 0.1) is 0 Å². The van der Waals surface area contributed by atoms with Gasteiger partial charge in [-0.3, -0.25) is 14.4 Å². The number of hydrogen-bond acceptors (Lipinski definition) is 4. The van der Waals surface area contributed by atoms with Crippen LogP contribution in [0.2, 0.25) is 0 Å². The van der Waals surface area contributed by atoms with Crippen molar-refractivity contribution < 1.29 is 27.6 Å². The second-order valence-electron chi connectivity index (χ2n) is 7.81. The van der Waals surface area contributed by atoms with Gasteiger partial charge in [-0.25, -0.2) is 0 Å². The Balaban J connectivity index is 1.65. The topological polar surface area (TPSA) is 105 Å². The number of hydrogen-bond donors (Lipinski definition) is 3. The molecule has 0 aromatic heterocycles. The van der Waals surface area contributed by atoms with Crippen LogP contribution in [0.25, 0.3) is 0 Å². The van der Waals surface area contributed by atoms with E-state index in [4.69, 9.17) is 5.73 Å². The molecule has 1 aliphatic rings. The highest BCUT2D eigenvalue weighted by Crippen LogP contribution is 2.29. The molecule has 1 heterocycles. The van der Waals surface area contributed by atoms with Crippen molar-refractivity contribution in [2.24, 2.45) is 5.73 Å². The number of amides is 3. The molecule has 1 saturated heterocycles. The predicted molar refractivity (Wildman–Crippen MR) is 116 cm³/mol. The van der Waals surface area contributed by atoms with Crippen LogP contribution in [0.3, 0.4) is 0 Å². The third kappa shape index (κ3) is 6.55. The monoisotopic (exact) mass is 462 g/mol. The fraction of sp³-hybridized carbons (Fsp3) is 0.348. The van der Waals surface area contributed by atoms with E-state index < -0.39 is 35.5 Å². The number of rotatable bonds is 6. The van der Waals surface area contributed by atoms with Crippen molar-refractivity contribution >= 4 is 23.4 Å². The molecule has 176 valence electrons. The minimum absolute atomic E-state index is 0.189. The maximum Gasteiger partial charge on any atom is 0.416 e. The van der Waals surface area contributed by atoms with Gasteiger partial charge in [0.15, 0.2) is 0 Å². The zero-order valence-corrected chi connectivity index (χ0v) is 17.8. The Morgan fingerprint density at radius 1 is 1.09 bits per heavy atom. The van der Waals surface area contributed by atoms with Gasteiger partial charge in [0.05, 0.1) is 12.1 Å². The molecule has 3 amide bonds. The lowest BCUT2D eigenvalue weighted by Crippen LogP contribution is -2.49. The molecule has 0 bridgehead atoms. The number of anilines is 1. The molecule has 1 unspecified atom stereocenters. The van der Waals surface area contributed by atoms with E-state index in [-0.39, 0.29) is 12.1 Å². The highest BCUT2D eigenvalue weighted by Gasteiger charge is 2.32. The number of nitrogens with one attached hydrogen (secondary N) is 2. The van der Waals surface area contributed by atoms with Crippen LogP contribution in [-0.4, -0.2) is 41.8 Å². The molecule has 4 N–H and O–H groups in total. The zero-order chi connectivity index (χ0) is 24.0. The lowest BCUT2D eigenvalue weighted by atomic mass is 10.1. The van der Waals surface area contributed by atoms with Gasteiger partial charge in [-0.1, -0.05) is 18.2 Å². The van der Waals surface area contributed by atoms with Gasteiger partial charge in [0.2, 0.25) is 11.8 Å². The van der Waals surface area contributed by atoms with Crippen molar-refractivity contribution in [1.29, 1.82) is 0 Å². The van der Waals surface area contributed by atoms with Gasteiger partial charge < -0.3 is 21.3 Å². The van der Waals surface area contributed by atoms with E-state index >= 15 is 0 Å². The van der Waals surface area contributed by atoms with E-state index in [0.29, 0.717) is 38.0 Å². The fourth-order valence-corrected chi connectivity index (χ4v) is 3.62. The molecule has 2 aromatic carbocycles. The van der Waals surface area contributed by atoms with E-state index in [1.165, 1.54) is 11.0 Å². The van der Waals surface area contributed by atoms with Gasteiger partial charge in [-0.05, 0) is 55.2 Å². The number of carbonyl (C=O) groups is 3. The average Bonchev–Trinajstić information content (AvgIpc) is 2.95. The van der Waals surface area contributed by atoms with Crippen LogP contribution in [0.5, 0.6) is 0 Å². The number of carbonyl (C=O) groups excluding carboxylic acids is 3. The van der Waals surface area contributed by atoms with Gasteiger partial charge in [0.25, 0.3) is 5.91 Å². The minimum Gasteiger partial charge on any atom is -0.340 e. The van der Waals surface area contributed by atoms with Crippen LogP contribution >= 0.6 is 0 Å². The summed E-state index contributed by atoms with van der Waals surface area (Å²) in [4.78, 5) is 39.3. The summed E-state index contributed by atoms with van der Waals surface area (Å²) < 4.78 is 38.8. The Bertz CT molecular complexity index is 1030. The number of alkyl halides is 3. The molecule has 1 aliphatic heterocycles. The van der Waals surface area contributed by atoms with Crippen LogP contribution < -0.4 is 16.4 Å². The standard InChI is InChI=1S/C23H25F3N4O3/c24-23(25,26)17-7-4-6-16(12-17)21(32)29-19-9-1-2-10-30(22(19)33)14-20(31)28-18-8-3-5-15(11-18)13-27/h3-8,11-12,19H,1-2,9-10,13-14,27H2,(H,28,31)(H,29,32). The van der Waals surface area contributed by atoms with E-state index in [2.05, 4.69) is 10.6 Å². The molecule has 0 radical (unpaired) electrons. The first-order valence-electron chi connectivity index (χ1n) is 10.5. The Labute approximate surface area is 189 Å². The molecular weight excluding hydrogens is 437 g/mol. The average molecular weight is 462 g/mol. The first-order chi connectivity index (χ1) is 15.7. The summed E-state index contributed by atoms with van der Waals surface area (Å²) in [6, 6.07) is 10.1. The first-order valence-corrected chi connectivity index (χ1v) is 10.5. The van der Waals surface area contributed by atoms with E-state index in [1.807, 2.05) is 6.07 Å².